The van der Waals surface area contributed by atoms with Crippen molar-refractivity contribution in [2.75, 3.05) is 13.7 Å². The van der Waals surface area contributed by atoms with Crippen molar-refractivity contribution in [1.29, 1.82) is 0 Å². The van der Waals surface area contributed by atoms with E-state index in [0.29, 0.717) is 5.89 Å². The molecule has 0 fully saturated rings. The fourth-order valence-corrected chi connectivity index (χ4v) is 3.15. The molecule has 2 aromatic heterocycles. The van der Waals surface area contributed by atoms with Crippen LogP contribution in [0.5, 0.6) is 11.5 Å². The molecular formula is C24H28N4O6. The number of methoxy groups -OCH3 is 1. The normalized spacial score (nSPS) is 11.7. The standard InChI is InChI=1S/C24H28N4O6/c1-13(2)12-32-24(30)33-20-18(31-6)7-8-25-19(20)22(29)26-16(5)21-27-23(34-28-21)17-10-14(3)9-15(4)11-17/h7-11,13,16H,12H2,1-6H3,(H,26,29)/t16-/m0/s1. The van der Waals surface area contributed by atoms with E-state index in [0.717, 1.165) is 16.7 Å². The summed E-state index contributed by atoms with van der Waals surface area (Å²) in [5, 5.41) is 6.73. The number of nitrogens with one attached hydrogen (secondary N) is 1. The van der Waals surface area contributed by atoms with Gasteiger partial charge < -0.3 is 24.1 Å². The summed E-state index contributed by atoms with van der Waals surface area (Å²) in [4.78, 5) is 33.6. The van der Waals surface area contributed by atoms with Gasteiger partial charge in [0, 0.05) is 17.8 Å². The molecule has 0 aliphatic carbocycles. The van der Waals surface area contributed by atoms with Gasteiger partial charge in [-0.15, -0.1) is 0 Å². The monoisotopic (exact) mass is 468 g/mol. The average Bonchev–Trinajstić information content (AvgIpc) is 3.27. The van der Waals surface area contributed by atoms with Crippen molar-refractivity contribution in [2.24, 2.45) is 5.92 Å². The first kappa shape index (κ1) is 24.7. The first-order valence-electron chi connectivity index (χ1n) is 10.8. The Hall–Kier alpha value is -3.95. The average molecular weight is 469 g/mol. The summed E-state index contributed by atoms with van der Waals surface area (Å²) in [6, 6.07) is 6.78. The number of benzene rings is 1. The molecule has 34 heavy (non-hydrogen) atoms. The van der Waals surface area contributed by atoms with Crippen molar-refractivity contribution in [3.05, 3.63) is 53.1 Å². The number of pyridine rings is 1. The van der Waals surface area contributed by atoms with Gasteiger partial charge in [0.05, 0.1) is 19.8 Å². The van der Waals surface area contributed by atoms with Crippen LogP contribution < -0.4 is 14.8 Å². The van der Waals surface area contributed by atoms with Crippen LogP contribution in [-0.2, 0) is 4.74 Å². The van der Waals surface area contributed by atoms with Crippen molar-refractivity contribution in [1.82, 2.24) is 20.4 Å². The fraction of sp³-hybridized carbons (Fsp3) is 0.375. The Morgan fingerprint density at radius 2 is 1.82 bits per heavy atom. The second-order valence-corrected chi connectivity index (χ2v) is 8.28. The van der Waals surface area contributed by atoms with Crippen LogP contribution in [0.15, 0.2) is 35.0 Å². The number of aryl methyl sites for hydroxylation is 2. The zero-order valence-electron chi connectivity index (χ0n) is 20.0. The molecule has 0 aliphatic rings. The zero-order chi connectivity index (χ0) is 24.8. The molecule has 0 unspecified atom stereocenters. The molecule has 3 rings (SSSR count). The van der Waals surface area contributed by atoms with Crippen molar-refractivity contribution in [3.8, 4) is 23.0 Å². The quantitative estimate of drug-likeness (QED) is 0.478. The molecule has 10 nitrogen and oxygen atoms in total. The van der Waals surface area contributed by atoms with Crippen molar-refractivity contribution in [3.63, 3.8) is 0 Å². The Morgan fingerprint density at radius 3 is 2.47 bits per heavy atom. The third-order valence-corrected chi connectivity index (χ3v) is 4.67. The molecule has 10 heteroatoms. The number of aromatic nitrogens is 3. The molecule has 1 amide bonds. The van der Waals surface area contributed by atoms with E-state index in [2.05, 4.69) is 20.4 Å². The summed E-state index contributed by atoms with van der Waals surface area (Å²) < 4.78 is 20.9. The highest BCUT2D eigenvalue weighted by Crippen LogP contribution is 2.30. The minimum absolute atomic E-state index is 0.121. The Balaban J connectivity index is 1.77. The first-order chi connectivity index (χ1) is 16.2. The molecule has 1 aromatic carbocycles. The van der Waals surface area contributed by atoms with E-state index in [1.807, 2.05) is 45.9 Å². The van der Waals surface area contributed by atoms with Crippen LogP contribution in [0.3, 0.4) is 0 Å². The summed E-state index contributed by atoms with van der Waals surface area (Å²) in [5.41, 5.74) is 2.78. The number of carbonyl (C=O) groups excluding carboxylic acids is 2. The van der Waals surface area contributed by atoms with Gasteiger partial charge in [-0.2, -0.15) is 4.98 Å². The van der Waals surface area contributed by atoms with Crippen LogP contribution in [0.25, 0.3) is 11.5 Å². The van der Waals surface area contributed by atoms with Crippen molar-refractivity contribution in [2.45, 2.75) is 40.7 Å². The van der Waals surface area contributed by atoms with E-state index in [-0.39, 0.29) is 35.5 Å². The second kappa shape index (κ2) is 10.8. The largest absolute Gasteiger partial charge is 0.514 e. The molecule has 0 bridgehead atoms. The lowest BCUT2D eigenvalue weighted by Gasteiger charge is -2.15. The minimum atomic E-state index is -0.960. The summed E-state index contributed by atoms with van der Waals surface area (Å²) in [7, 11) is 1.39. The van der Waals surface area contributed by atoms with Crippen molar-refractivity contribution >= 4 is 12.1 Å². The molecule has 0 saturated carbocycles. The van der Waals surface area contributed by atoms with Gasteiger partial charge in [-0.3, -0.25) is 4.79 Å². The van der Waals surface area contributed by atoms with Crippen LogP contribution in [0, 0.1) is 19.8 Å². The number of carbonyl (C=O) groups is 2. The topological polar surface area (TPSA) is 126 Å². The highest BCUT2D eigenvalue weighted by Gasteiger charge is 2.25. The third kappa shape index (κ3) is 6.09. The minimum Gasteiger partial charge on any atom is -0.493 e. The van der Waals surface area contributed by atoms with Crippen LogP contribution in [0.4, 0.5) is 4.79 Å². The lowest BCUT2D eigenvalue weighted by molar-refractivity contribution is 0.0852. The summed E-state index contributed by atoms with van der Waals surface area (Å²) in [5.74, 6) is 0.147. The van der Waals surface area contributed by atoms with Crippen LogP contribution >= 0.6 is 0 Å². The SMILES string of the molecule is COc1ccnc(C(=O)N[C@@H](C)c2noc(-c3cc(C)cc(C)c3)n2)c1OC(=O)OCC(C)C. The van der Waals surface area contributed by atoms with E-state index in [4.69, 9.17) is 18.7 Å². The van der Waals surface area contributed by atoms with E-state index < -0.39 is 18.1 Å². The number of nitrogens with zero attached hydrogens (tertiary/aromatic N) is 3. The molecule has 2 heterocycles. The fourth-order valence-electron chi connectivity index (χ4n) is 3.15. The molecule has 1 atom stereocenters. The molecule has 0 spiro atoms. The van der Waals surface area contributed by atoms with Crippen LogP contribution in [0.1, 0.15) is 54.3 Å². The highest BCUT2D eigenvalue weighted by atomic mass is 16.7. The van der Waals surface area contributed by atoms with Gasteiger partial charge >= 0.3 is 6.16 Å². The van der Waals surface area contributed by atoms with Gasteiger partial charge in [0.15, 0.2) is 17.3 Å². The van der Waals surface area contributed by atoms with Crippen molar-refractivity contribution < 1.29 is 28.3 Å². The third-order valence-electron chi connectivity index (χ3n) is 4.67. The number of rotatable bonds is 8. The van der Waals surface area contributed by atoms with Gasteiger partial charge in [-0.1, -0.05) is 36.2 Å². The van der Waals surface area contributed by atoms with Gasteiger partial charge in [0.25, 0.3) is 11.8 Å². The summed E-state index contributed by atoms with van der Waals surface area (Å²) >= 11 is 0. The Kier molecular flexibility index (Phi) is 7.83. The molecule has 3 aromatic rings. The maximum atomic E-state index is 13.0. The zero-order valence-corrected chi connectivity index (χ0v) is 20.0. The maximum absolute atomic E-state index is 13.0. The number of hydrogen-bond donors (Lipinski definition) is 1. The molecule has 1 N–H and O–H groups in total. The van der Waals surface area contributed by atoms with Gasteiger partial charge in [0.1, 0.15) is 0 Å². The summed E-state index contributed by atoms with van der Waals surface area (Å²) in [6.45, 7) is 9.61. The molecular weight excluding hydrogens is 440 g/mol. The van der Waals surface area contributed by atoms with E-state index >= 15 is 0 Å². The van der Waals surface area contributed by atoms with E-state index in [1.165, 1.54) is 19.4 Å². The van der Waals surface area contributed by atoms with Crippen LogP contribution in [-0.4, -0.2) is 40.9 Å². The van der Waals surface area contributed by atoms with E-state index in [1.54, 1.807) is 6.92 Å². The maximum Gasteiger partial charge on any atom is 0.514 e. The first-order valence-corrected chi connectivity index (χ1v) is 10.8. The predicted octanol–water partition coefficient (Wildman–Crippen LogP) is 4.42. The lowest BCUT2D eigenvalue weighted by Crippen LogP contribution is -2.29. The smallest absolute Gasteiger partial charge is 0.493 e. The number of hydrogen-bond acceptors (Lipinski definition) is 9. The highest BCUT2D eigenvalue weighted by molar-refractivity contribution is 5.96. The molecule has 0 radical (unpaired) electrons. The molecule has 180 valence electrons. The van der Waals surface area contributed by atoms with Gasteiger partial charge in [0.2, 0.25) is 5.75 Å². The Bertz CT molecular complexity index is 1150. The van der Waals surface area contributed by atoms with Gasteiger partial charge in [-0.25, -0.2) is 9.78 Å². The summed E-state index contributed by atoms with van der Waals surface area (Å²) in [6.07, 6.45) is 0.412. The van der Waals surface area contributed by atoms with E-state index in [9.17, 15) is 9.59 Å². The number of ether oxygens (including phenoxy) is 3. The lowest BCUT2D eigenvalue weighted by atomic mass is 10.1. The Morgan fingerprint density at radius 1 is 1.12 bits per heavy atom. The molecule has 0 aliphatic heterocycles. The molecule has 0 saturated heterocycles. The Labute approximate surface area is 197 Å². The second-order valence-electron chi connectivity index (χ2n) is 8.28. The van der Waals surface area contributed by atoms with Crippen LogP contribution in [0.2, 0.25) is 0 Å². The predicted molar refractivity (Wildman–Crippen MR) is 123 cm³/mol. The number of amides is 1. The van der Waals surface area contributed by atoms with Gasteiger partial charge in [-0.05, 0) is 38.8 Å².